The van der Waals surface area contributed by atoms with Gasteiger partial charge in [-0.1, -0.05) is 35.4 Å². The van der Waals surface area contributed by atoms with Gasteiger partial charge in [0.15, 0.2) is 0 Å². The lowest BCUT2D eigenvalue weighted by Crippen LogP contribution is -2.13. The summed E-state index contributed by atoms with van der Waals surface area (Å²) in [5, 5.41) is 7.94. The first kappa shape index (κ1) is 16.5. The molecule has 0 aliphatic heterocycles. The van der Waals surface area contributed by atoms with E-state index < -0.39 is 0 Å². The summed E-state index contributed by atoms with van der Waals surface area (Å²) in [6.07, 6.45) is 9.78. The van der Waals surface area contributed by atoms with Crippen LogP contribution in [0, 0.1) is 5.92 Å². The quantitative estimate of drug-likeness (QED) is 0.525. The van der Waals surface area contributed by atoms with Crippen molar-refractivity contribution < 1.29 is 0 Å². The maximum absolute atomic E-state index is 6.35. The van der Waals surface area contributed by atoms with Gasteiger partial charge in [-0.3, -0.25) is 4.99 Å². The Morgan fingerprint density at radius 2 is 2.17 bits per heavy atom. The van der Waals surface area contributed by atoms with Crippen molar-refractivity contribution in [1.29, 1.82) is 0 Å². The second-order valence-corrected chi connectivity index (χ2v) is 7.05. The fourth-order valence-corrected chi connectivity index (χ4v) is 3.86. The van der Waals surface area contributed by atoms with Crippen LogP contribution in [0.4, 0.5) is 0 Å². The van der Waals surface area contributed by atoms with Crippen molar-refractivity contribution in [2.24, 2.45) is 16.0 Å². The van der Waals surface area contributed by atoms with Crippen molar-refractivity contribution in [3.8, 4) is 11.3 Å². The Bertz CT molecular complexity index is 817. The standard InChI is InChI=1S/C17H17Cl2N3S/c1-20-17-22(21-10-12-5-3-2-4-6-12)16(11-23-17)14-8-7-13(18)9-15(14)19/h2-3,7-12H,4-6H2,1H3. The maximum Gasteiger partial charge on any atom is 0.205 e. The smallest absolute Gasteiger partial charge is 0.205 e. The van der Waals surface area contributed by atoms with Crippen LogP contribution in [-0.2, 0) is 0 Å². The third-order valence-electron chi connectivity index (χ3n) is 3.79. The Labute approximate surface area is 149 Å². The average molecular weight is 366 g/mol. The number of halogens is 2. The summed E-state index contributed by atoms with van der Waals surface area (Å²) in [4.78, 5) is 5.15. The predicted molar refractivity (Wildman–Crippen MR) is 99.6 cm³/mol. The monoisotopic (exact) mass is 365 g/mol. The molecule has 0 radical (unpaired) electrons. The van der Waals surface area contributed by atoms with Gasteiger partial charge in [-0.05, 0) is 43.4 Å². The number of aromatic nitrogens is 1. The molecule has 1 aliphatic carbocycles. The summed E-state index contributed by atoms with van der Waals surface area (Å²) >= 11 is 13.9. The molecule has 1 atom stereocenters. The van der Waals surface area contributed by atoms with Gasteiger partial charge >= 0.3 is 0 Å². The molecule has 0 bridgehead atoms. The number of allylic oxidation sites excluding steroid dienone is 2. The van der Waals surface area contributed by atoms with Crippen molar-refractivity contribution in [2.45, 2.75) is 19.3 Å². The van der Waals surface area contributed by atoms with Gasteiger partial charge in [-0.2, -0.15) is 5.10 Å². The molecule has 0 saturated heterocycles. The maximum atomic E-state index is 6.35. The highest BCUT2D eigenvalue weighted by molar-refractivity contribution is 7.07. The van der Waals surface area contributed by atoms with Crippen molar-refractivity contribution >= 4 is 40.8 Å². The molecule has 1 aliphatic rings. The van der Waals surface area contributed by atoms with Gasteiger partial charge < -0.3 is 0 Å². The van der Waals surface area contributed by atoms with Crippen molar-refractivity contribution in [1.82, 2.24) is 4.68 Å². The molecule has 0 amide bonds. The lowest BCUT2D eigenvalue weighted by atomic mass is 9.96. The zero-order valence-electron chi connectivity index (χ0n) is 12.7. The van der Waals surface area contributed by atoms with Crippen LogP contribution in [0.1, 0.15) is 19.3 Å². The molecule has 0 saturated carbocycles. The van der Waals surface area contributed by atoms with E-state index in [1.54, 1.807) is 24.5 Å². The highest BCUT2D eigenvalue weighted by Gasteiger charge is 2.12. The third kappa shape index (κ3) is 3.77. The van der Waals surface area contributed by atoms with Crippen LogP contribution in [0.2, 0.25) is 10.0 Å². The molecule has 3 rings (SSSR count). The van der Waals surface area contributed by atoms with E-state index in [2.05, 4.69) is 22.2 Å². The third-order valence-corrected chi connectivity index (χ3v) is 5.24. The van der Waals surface area contributed by atoms with Gasteiger partial charge in [0.25, 0.3) is 0 Å². The van der Waals surface area contributed by atoms with Gasteiger partial charge in [0.2, 0.25) is 4.80 Å². The second-order valence-electron chi connectivity index (χ2n) is 5.37. The van der Waals surface area contributed by atoms with E-state index in [1.165, 1.54) is 0 Å². The summed E-state index contributed by atoms with van der Waals surface area (Å²) in [7, 11) is 1.77. The molecule has 23 heavy (non-hydrogen) atoms. The lowest BCUT2D eigenvalue weighted by molar-refractivity contribution is 0.621. The molecule has 6 heteroatoms. The number of benzene rings is 1. The molecule has 1 heterocycles. The molecule has 120 valence electrons. The highest BCUT2D eigenvalue weighted by atomic mass is 35.5. The van der Waals surface area contributed by atoms with E-state index in [-0.39, 0.29) is 0 Å². The minimum Gasteiger partial charge on any atom is -0.261 e. The fraction of sp³-hybridized carbons (Fsp3) is 0.294. The minimum atomic E-state index is 0.477. The van der Waals surface area contributed by atoms with E-state index >= 15 is 0 Å². The molecule has 3 nitrogen and oxygen atoms in total. The van der Waals surface area contributed by atoms with Gasteiger partial charge in [0, 0.05) is 29.2 Å². The molecule has 2 aromatic rings. The average Bonchev–Trinajstić information content (AvgIpc) is 2.96. The van der Waals surface area contributed by atoms with Gasteiger partial charge in [0.05, 0.1) is 10.7 Å². The number of hydrogen-bond donors (Lipinski definition) is 0. The molecular weight excluding hydrogens is 349 g/mol. The molecule has 0 fully saturated rings. The summed E-state index contributed by atoms with van der Waals surface area (Å²) in [6.45, 7) is 0. The molecule has 1 aromatic carbocycles. The first-order chi connectivity index (χ1) is 11.2. The molecular formula is C17H17Cl2N3S. The van der Waals surface area contributed by atoms with Gasteiger partial charge in [-0.15, -0.1) is 11.3 Å². The summed E-state index contributed by atoms with van der Waals surface area (Å²) in [5.41, 5.74) is 1.84. The van der Waals surface area contributed by atoms with E-state index in [1.807, 2.05) is 28.4 Å². The summed E-state index contributed by atoms with van der Waals surface area (Å²) < 4.78 is 1.86. The summed E-state index contributed by atoms with van der Waals surface area (Å²) in [6, 6.07) is 5.50. The van der Waals surface area contributed by atoms with Crippen LogP contribution in [0.5, 0.6) is 0 Å². The van der Waals surface area contributed by atoms with Crippen LogP contribution in [-0.4, -0.2) is 17.9 Å². The topological polar surface area (TPSA) is 29.6 Å². The number of nitrogens with zero attached hydrogens (tertiary/aromatic N) is 3. The van der Waals surface area contributed by atoms with Gasteiger partial charge in [-0.25, -0.2) is 4.68 Å². The summed E-state index contributed by atoms with van der Waals surface area (Å²) in [5.74, 6) is 0.477. The van der Waals surface area contributed by atoms with E-state index in [0.717, 1.165) is 35.3 Å². The highest BCUT2D eigenvalue weighted by Crippen LogP contribution is 2.30. The van der Waals surface area contributed by atoms with E-state index in [9.17, 15) is 0 Å². The van der Waals surface area contributed by atoms with Crippen LogP contribution in [0.25, 0.3) is 11.3 Å². The Morgan fingerprint density at radius 1 is 1.30 bits per heavy atom. The van der Waals surface area contributed by atoms with Crippen LogP contribution in [0.15, 0.2) is 45.8 Å². The lowest BCUT2D eigenvalue weighted by Gasteiger charge is -2.12. The van der Waals surface area contributed by atoms with Gasteiger partial charge in [0.1, 0.15) is 0 Å². The Hall–Kier alpha value is -1.36. The molecule has 0 N–H and O–H groups in total. The van der Waals surface area contributed by atoms with E-state index in [4.69, 9.17) is 23.2 Å². The zero-order valence-corrected chi connectivity index (χ0v) is 15.1. The molecule has 0 spiro atoms. The zero-order chi connectivity index (χ0) is 16.2. The van der Waals surface area contributed by atoms with Crippen LogP contribution >= 0.6 is 34.5 Å². The Balaban J connectivity index is 2.00. The van der Waals surface area contributed by atoms with Crippen molar-refractivity contribution in [3.05, 3.63) is 50.6 Å². The van der Waals surface area contributed by atoms with Crippen molar-refractivity contribution in [3.63, 3.8) is 0 Å². The number of thiazole rings is 1. The molecule has 1 unspecified atom stereocenters. The fourth-order valence-electron chi connectivity index (χ4n) is 2.56. The Kier molecular flexibility index (Phi) is 5.36. The first-order valence-corrected chi connectivity index (χ1v) is 9.11. The Morgan fingerprint density at radius 3 is 2.87 bits per heavy atom. The van der Waals surface area contributed by atoms with Crippen LogP contribution < -0.4 is 4.80 Å². The van der Waals surface area contributed by atoms with E-state index in [0.29, 0.717) is 16.0 Å². The second kappa shape index (κ2) is 7.47. The predicted octanol–water partition coefficient (Wildman–Crippen LogP) is 5.24. The number of rotatable bonds is 3. The first-order valence-electron chi connectivity index (χ1n) is 7.47. The van der Waals surface area contributed by atoms with Crippen molar-refractivity contribution in [2.75, 3.05) is 7.05 Å². The largest absolute Gasteiger partial charge is 0.261 e. The van der Waals surface area contributed by atoms with Crippen LogP contribution in [0.3, 0.4) is 0 Å². The minimum absolute atomic E-state index is 0.477. The molecule has 1 aromatic heterocycles. The number of hydrogen-bond acceptors (Lipinski definition) is 3. The SMILES string of the molecule is CN=c1scc(-c2ccc(Cl)cc2Cl)n1N=CC1CC=CCC1. The normalized spacial score (nSPS) is 18.9.